The molecule has 0 atom stereocenters. The Morgan fingerprint density at radius 1 is 0.917 bits per heavy atom. The molecule has 3 N–H and O–H groups in total. The highest BCUT2D eigenvalue weighted by atomic mass is 19.1. The van der Waals surface area contributed by atoms with E-state index in [1.807, 2.05) is 0 Å². The number of benzene rings is 2. The second kappa shape index (κ2) is 6.74. The van der Waals surface area contributed by atoms with Crippen LogP contribution in [0, 0.1) is 5.82 Å². The number of carbonyl (C=O) groups is 1. The molecule has 0 unspecified atom stereocenters. The van der Waals surface area contributed by atoms with E-state index in [4.69, 9.17) is 5.11 Å². The first-order valence-electron chi connectivity index (χ1n) is 7.05. The molecule has 1 aromatic heterocycles. The number of nitrogens with zero attached hydrogens (tertiary/aromatic N) is 2. The maximum atomic E-state index is 13.2. The van der Waals surface area contributed by atoms with Gasteiger partial charge in [0.1, 0.15) is 23.8 Å². The summed E-state index contributed by atoms with van der Waals surface area (Å²) in [6.45, 7) is 0. The van der Waals surface area contributed by atoms with E-state index in [-0.39, 0.29) is 11.4 Å². The van der Waals surface area contributed by atoms with Crippen molar-refractivity contribution in [2.75, 3.05) is 10.6 Å². The third-order valence-electron chi connectivity index (χ3n) is 3.17. The van der Waals surface area contributed by atoms with Gasteiger partial charge in [-0.1, -0.05) is 6.07 Å². The van der Waals surface area contributed by atoms with Gasteiger partial charge >= 0.3 is 5.97 Å². The Morgan fingerprint density at radius 3 is 2.21 bits per heavy atom. The van der Waals surface area contributed by atoms with Crippen molar-refractivity contribution in [1.29, 1.82) is 0 Å². The molecule has 0 amide bonds. The first kappa shape index (κ1) is 15.4. The lowest BCUT2D eigenvalue weighted by atomic mass is 10.2. The average molecular weight is 324 g/mol. The summed E-state index contributed by atoms with van der Waals surface area (Å²) in [5.41, 5.74) is 1.47. The van der Waals surface area contributed by atoms with Gasteiger partial charge in [-0.15, -0.1) is 0 Å². The fourth-order valence-corrected chi connectivity index (χ4v) is 2.05. The van der Waals surface area contributed by atoms with Crippen molar-refractivity contribution < 1.29 is 14.3 Å². The summed E-state index contributed by atoms with van der Waals surface area (Å²) in [4.78, 5) is 19.0. The summed E-state index contributed by atoms with van der Waals surface area (Å²) < 4.78 is 13.2. The predicted molar refractivity (Wildman–Crippen MR) is 88.4 cm³/mol. The number of aromatic nitrogens is 2. The third-order valence-corrected chi connectivity index (χ3v) is 3.17. The quantitative estimate of drug-likeness (QED) is 0.662. The predicted octanol–water partition coefficient (Wildman–Crippen LogP) is 3.80. The molecule has 0 fully saturated rings. The summed E-state index contributed by atoms with van der Waals surface area (Å²) in [6, 6.07) is 14.0. The van der Waals surface area contributed by atoms with Crippen LogP contribution in [0.25, 0.3) is 0 Å². The molecule has 0 aliphatic heterocycles. The Kier molecular flexibility index (Phi) is 4.33. The normalized spacial score (nSPS) is 10.2. The van der Waals surface area contributed by atoms with E-state index in [9.17, 15) is 9.18 Å². The first-order chi connectivity index (χ1) is 11.6. The van der Waals surface area contributed by atoms with E-state index >= 15 is 0 Å². The standard InChI is InChI=1S/C17H13FN4O2/c18-12-2-1-3-14(8-12)22-16-9-15(19-10-20-16)21-13-6-4-11(5-7-13)17(23)24/h1-10H,(H,23,24)(H2,19,20,21,22). The number of hydrogen-bond acceptors (Lipinski definition) is 5. The van der Waals surface area contributed by atoms with Crippen molar-refractivity contribution in [1.82, 2.24) is 9.97 Å². The van der Waals surface area contributed by atoms with Gasteiger partial charge in [0.05, 0.1) is 5.56 Å². The third kappa shape index (κ3) is 3.83. The van der Waals surface area contributed by atoms with E-state index < -0.39 is 5.97 Å². The molecule has 24 heavy (non-hydrogen) atoms. The van der Waals surface area contributed by atoms with E-state index in [0.717, 1.165) is 0 Å². The van der Waals surface area contributed by atoms with Gasteiger partial charge in [0, 0.05) is 17.4 Å². The molecule has 2 aromatic carbocycles. The van der Waals surface area contributed by atoms with Crippen LogP contribution < -0.4 is 10.6 Å². The van der Waals surface area contributed by atoms with Crippen molar-refractivity contribution in [2.24, 2.45) is 0 Å². The number of halogens is 1. The van der Waals surface area contributed by atoms with Crippen molar-refractivity contribution in [3.63, 3.8) is 0 Å². The molecule has 0 spiro atoms. The van der Waals surface area contributed by atoms with Crippen molar-refractivity contribution >= 4 is 29.0 Å². The Hall–Kier alpha value is -3.48. The van der Waals surface area contributed by atoms with Crippen LogP contribution in [-0.4, -0.2) is 21.0 Å². The SMILES string of the molecule is O=C(O)c1ccc(Nc2cc(Nc3cccc(F)c3)ncn2)cc1. The molecular weight excluding hydrogens is 311 g/mol. The number of carboxylic acids is 1. The fraction of sp³-hybridized carbons (Fsp3) is 0. The maximum absolute atomic E-state index is 13.2. The highest BCUT2D eigenvalue weighted by Crippen LogP contribution is 2.20. The maximum Gasteiger partial charge on any atom is 0.335 e. The fourth-order valence-electron chi connectivity index (χ4n) is 2.05. The van der Waals surface area contributed by atoms with Crippen LogP contribution in [0.1, 0.15) is 10.4 Å². The van der Waals surface area contributed by atoms with E-state index in [2.05, 4.69) is 20.6 Å². The van der Waals surface area contributed by atoms with Gasteiger partial charge in [0.15, 0.2) is 0 Å². The second-order valence-corrected chi connectivity index (χ2v) is 4.93. The number of nitrogens with one attached hydrogen (secondary N) is 2. The molecule has 3 rings (SSSR count). The van der Waals surface area contributed by atoms with Crippen LogP contribution in [-0.2, 0) is 0 Å². The van der Waals surface area contributed by atoms with Gasteiger partial charge in [-0.25, -0.2) is 19.2 Å². The molecule has 0 aliphatic carbocycles. The van der Waals surface area contributed by atoms with Crippen LogP contribution in [0.5, 0.6) is 0 Å². The average Bonchev–Trinajstić information content (AvgIpc) is 2.56. The number of carboxylic acid groups (broad SMARTS) is 1. The Balaban J connectivity index is 1.74. The van der Waals surface area contributed by atoms with Gasteiger partial charge in [0.25, 0.3) is 0 Å². The zero-order chi connectivity index (χ0) is 16.9. The smallest absolute Gasteiger partial charge is 0.335 e. The molecule has 0 aliphatic rings. The van der Waals surface area contributed by atoms with Gasteiger partial charge < -0.3 is 15.7 Å². The van der Waals surface area contributed by atoms with Crippen molar-refractivity contribution in [3.05, 3.63) is 72.3 Å². The summed E-state index contributed by atoms with van der Waals surface area (Å²) >= 11 is 0. The Bertz CT molecular complexity index is 868. The molecular formula is C17H13FN4O2. The van der Waals surface area contributed by atoms with Gasteiger partial charge in [-0.2, -0.15) is 0 Å². The van der Waals surface area contributed by atoms with E-state index in [1.54, 1.807) is 30.3 Å². The lowest BCUT2D eigenvalue weighted by Gasteiger charge is -2.09. The highest BCUT2D eigenvalue weighted by Gasteiger charge is 2.04. The highest BCUT2D eigenvalue weighted by molar-refractivity contribution is 5.88. The molecule has 7 heteroatoms. The van der Waals surface area contributed by atoms with Gasteiger partial charge in [-0.05, 0) is 42.5 Å². The molecule has 0 saturated carbocycles. The minimum atomic E-state index is -0.981. The van der Waals surface area contributed by atoms with Crippen LogP contribution in [0.4, 0.5) is 27.4 Å². The van der Waals surface area contributed by atoms with Crippen LogP contribution in [0.3, 0.4) is 0 Å². The van der Waals surface area contributed by atoms with Gasteiger partial charge in [0.2, 0.25) is 0 Å². The zero-order valence-corrected chi connectivity index (χ0v) is 12.4. The van der Waals surface area contributed by atoms with E-state index in [0.29, 0.717) is 23.0 Å². The molecule has 3 aromatic rings. The first-order valence-corrected chi connectivity index (χ1v) is 7.05. The summed E-state index contributed by atoms with van der Waals surface area (Å²) in [7, 11) is 0. The molecule has 0 bridgehead atoms. The summed E-state index contributed by atoms with van der Waals surface area (Å²) in [6.07, 6.45) is 1.37. The van der Waals surface area contributed by atoms with Crippen LogP contribution in [0.2, 0.25) is 0 Å². The van der Waals surface area contributed by atoms with Crippen molar-refractivity contribution in [3.8, 4) is 0 Å². The monoisotopic (exact) mass is 324 g/mol. The zero-order valence-electron chi connectivity index (χ0n) is 12.4. The second-order valence-electron chi connectivity index (χ2n) is 4.93. The van der Waals surface area contributed by atoms with Crippen molar-refractivity contribution in [2.45, 2.75) is 0 Å². The van der Waals surface area contributed by atoms with Crippen LogP contribution in [0.15, 0.2) is 60.9 Å². The summed E-state index contributed by atoms with van der Waals surface area (Å²) in [5.74, 6) is -0.302. The number of anilines is 4. The minimum absolute atomic E-state index is 0.205. The topological polar surface area (TPSA) is 87.1 Å². The number of aromatic carboxylic acids is 1. The Morgan fingerprint density at radius 2 is 1.58 bits per heavy atom. The summed E-state index contributed by atoms with van der Waals surface area (Å²) in [5, 5.41) is 14.9. The molecule has 120 valence electrons. The van der Waals surface area contributed by atoms with E-state index in [1.165, 1.54) is 30.6 Å². The van der Waals surface area contributed by atoms with Gasteiger partial charge in [-0.3, -0.25) is 0 Å². The lowest BCUT2D eigenvalue weighted by molar-refractivity contribution is 0.0697. The number of hydrogen-bond donors (Lipinski definition) is 3. The lowest BCUT2D eigenvalue weighted by Crippen LogP contribution is -1.99. The molecule has 0 saturated heterocycles. The minimum Gasteiger partial charge on any atom is -0.478 e. The van der Waals surface area contributed by atoms with Crippen LogP contribution >= 0.6 is 0 Å². The molecule has 0 radical (unpaired) electrons. The molecule has 6 nitrogen and oxygen atoms in total. The Labute approximate surface area is 137 Å². The number of rotatable bonds is 5. The molecule has 1 heterocycles. The largest absolute Gasteiger partial charge is 0.478 e.